The van der Waals surface area contributed by atoms with E-state index in [4.69, 9.17) is 0 Å². The Morgan fingerprint density at radius 1 is 1.23 bits per heavy atom. The van der Waals surface area contributed by atoms with Crippen molar-refractivity contribution in [2.24, 2.45) is 0 Å². The molecule has 0 saturated carbocycles. The van der Waals surface area contributed by atoms with E-state index >= 15 is 0 Å². The zero-order valence-electron chi connectivity index (χ0n) is 14.1. The van der Waals surface area contributed by atoms with Crippen molar-refractivity contribution in [3.63, 3.8) is 0 Å². The van der Waals surface area contributed by atoms with Crippen molar-refractivity contribution >= 4 is 30.7 Å². The molecule has 132 valence electrons. The molecule has 2 unspecified atom stereocenters. The number of rotatable bonds is 4. The van der Waals surface area contributed by atoms with Crippen molar-refractivity contribution in [1.82, 2.24) is 20.0 Å². The lowest BCUT2D eigenvalue weighted by atomic mass is 9.97. The van der Waals surface area contributed by atoms with E-state index in [9.17, 15) is 4.79 Å². The second-order valence-electron chi connectivity index (χ2n) is 6.37. The number of nitrogens with zero attached hydrogens (tertiary/aromatic N) is 3. The fourth-order valence-corrected chi connectivity index (χ4v) is 3.19. The van der Waals surface area contributed by atoms with Crippen LogP contribution in [-0.4, -0.2) is 86.1 Å². The summed E-state index contributed by atoms with van der Waals surface area (Å²) >= 11 is 0. The zero-order chi connectivity index (χ0) is 14.5. The summed E-state index contributed by atoms with van der Waals surface area (Å²) in [6, 6.07) is 1.29. The van der Waals surface area contributed by atoms with Gasteiger partial charge in [0.1, 0.15) is 0 Å². The van der Waals surface area contributed by atoms with Crippen LogP contribution in [0.5, 0.6) is 0 Å². The van der Waals surface area contributed by atoms with Crippen LogP contribution in [0.3, 0.4) is 0 Å². The van der Waals surface area contributed by atoms with Crippen molar-refractivity contribution in [2.45, 2.75) is 38.3 Å². The number of nitrogens with one attached hydrogen (secondary N) is 1. The van der Waals surface area contributed by atoms with Crippen molar-refractivity contribution < 1.29 is 4.79 Å². The second kappa shape index (κ2) is 10.7. The molecule has 2 aliphatic rings. The first-order valence-electron chi connectivity index (χ1n) is 7.97. The molecule has 7 heteroatoms. The van der Waals surface area contributed by atoms with Crippen LogP contribution < -0.4 is 5.32 Å². The predicted octanol–water partition coefficient (Wildman–Crippen LogP) is 1.07. The van der Waals surface area contributed by atoms with Gasteiger partial charge in [-0.1, -0.05) is 0 Å². The van der Waals surface area contributed by atoms with Crippen LogP contribution in [0.2, 0.25) is 0 Å². The standard InChI is InChI=1S/C15H30N4O.2ClH/c1-13-12-14(4-8-17(13)2)18(3)9-5-15(20)19-10-6-16-7-11-19;;/h13-14,16H,4-12H2,1-3H3;2*1H. The highest BCUT2D eigenvalue weighted by Gasteiger charge is 2.26. The SMILES string of the molecule is CC1CC(N(C)CCC(=O)N2CCNCC2)CCN1C.Cl.Cl. The van der Waals surface area contributed by atoms with Gasteiger partial charge in [0.15, 0.2) is 0 Å². The quantitative estimate of drug-likeness (QED) is 0.819. The molecule has 0 aromatic heterocycles. The minimum atomic E-state index is 0. The number of halogens is 2. The van der Waals surface area contributed by atoms with Crippen molar-refractivity contribution in [3.05, 3.63) is 0 Å². The summed E-state index contributed by atoms with van der Waals surface area (Å²) in [5, 5.41) is 3.29. The zero-order valence-corrected chi connectivity index (χ0v) is 15.7. The van der Waals surface area contributed by atoms with E-state index in [0.717, 1.165) is 32.7 Å². The highest BCUT2D eigenvalue weighted by Crippen LogP contribution is 2.19. The molecule has 0 bridgehead atoms. The van der Waals surface area contributed by atoms with Crippen molar-refractivity contribution in [3.8, 4) is 0 Å². The third-order valence-corrected chi connectivity index (χ3v) is 4.95. The molecule has 5 nitrogen and oxygen atoms in total. The van der Waals surface area contributed by atoms with Gasteiger partial charge in [-0.25, -0.2) is 0 Å². The van der Waals surface area contributed by atoms with Gasteiger partial charge in [0.2, 0.25) is 5.91 Å². The smallest absolute Gasteiger partial charge is 0.223 e. The van der Waals surface area contributed by atoms with E-state index in [2.05, 4.69) is 36.1 Å². The first-order chi connectivity index (χ1) is 9.58. The van der Waals surface area contributed by atoms with E-state index in [1.54, 1.807) is 0 Å². The van der Waals surface area contributed by atoms with E-state index in [1.807, 2.05) is 4.90 Å². The number of piperidine rings is 1. The highest BCUT2D eigenvalue weighted by molar-refractivity contribution is 5.85. The first kappa shape index (κ1) is 21.9. The van der Waals surface area contributed by atoms with Crippen LogP contribution >= 0.6 is 24.8 Å². The molecule has 2 fully saturated rings. The van der Waals surface area contributed by atoms with Gasteiger partial charge in [-0.3, -0.25) is 4.79 Å². The van der Waals surface area contributed by atoms with Crippen LogP contribution in [-0.2, 0) is 4.79 Å². The van der Waals surface area contributed by atoms with E-state index in [-0.39, 0.29) is 24.8 Å². The molecule has 2 atom stereocenters. The Morgan fingerprint density at radius 3 is 2.45 bits per heavy atom. The molecule has 2 aliphatic heterocycles. The van der Waals surface area contributed by atoms with Gasteiger partial charge in [-0.2, -0.15) is 0 Å². The summed E-state index contributed by atoms with van der Waals surface area (Å²) in [5.41, 5.74) is 0. The molecule has 2 heterocycles. The van der Waals surface area contributed by atoms with E-state index in [0.29, 0.717) is 24.4 Å². The number of carbonyl (C=O) groups is 1. The van der Waals surface area contributed by atoms with Gasteiger partial charge in [0.25, 0.3) is 0 Å². The molecular weight excluding hydrogens is 323 g/mol. The lowest BCUT2D eigenvalue weighted by molar-refractivity contribution is -0.132. The van der Waals surface area contributed by atoms with Crippen LogP contribution in [0.15, 0.2) is 0 Å². The lowest BCUT2D eigenvalue weighted by Gasteiger charge is -2.39. The maximum absolute atomic E-state index is 12.2. The Morgan fingerprint density at radius 2 is 1.86 bits per heavy atom. The fourth-order valence-electron chi connectivity index (χ4n) is 3.19. The van der Waals surface area contributed by atoms with Crippen LogP contribution in [0.1, 0.15) is 26.2 Å². The molecule has 0 spiro atoms. The molecule has 2 saturated heterocycles. The summed E-state index contributed by atoms with van der Waals surface area (Å²) in [4.78, 5) is 19.0. The average molecular weight is 355 g/mol. The Kier molecular flexibility index (Phi) is 10.6. The Balaban J connectivity index is 0.00000220. The molecule has 0 aliphatic carbocycles. The lowest BCUT2D eigenvalue weighted by Crippen LogP contribution is -2.49. The van der Waals surface area contributed by atoms with Gasteiger partial charge in [-0.05, 0) is 40.4 Å². The van der Waals surface area contributed by atoms with E-state index < -0.39 is 0 Å². The Hall–Kier alpha value is -0.0700. The Labute approximate surface area is 147 Å². The summed E-state index contributed by atoms with van der Waals surface area (Å²) in [7, 11) is 4.38. The summed E-state index contributed by atoms with van der Waals surface area (Å²) in [6.45, 7) is 7.97. The van der Waals surface area contributed by atoms with Gasteiger partial charge in [0.05, 0.1) is 0 Å². The second-order valence-corrected chi connectivity index (χ2v) is 6.37. The summed E-state index contributed by atoms with van der Waals surface area (Å²) in [5.74, 6) is 0.319. The number of likely N-dealkylation sites (tertiary alicyclic amines) is 1. The van der Waals surface area contributed by atoms with Crippen LogP contribution in [0, 0.1) is 0 Å². The third kappa shape index (κ3) is 6.20. The monoisotopic (exact) mass is 354 g/mol. The fraction of sp³-hybridized carbons (Fsp3) is 0.933. The maximum atomic E-state index is 12.2. The average Bonchev–Trinajstić information content (AvgIpc) is 2.48. The number of hydrogen-bond donors (Lipinski definition) is 1. The molecule has 0 aromatic rings. The van der Waals surface area contributed by atoms with Crippen molar-refractivity contribution in [2.75, 3.05) is 53.4 Å². The summed E-state index contributed by atoms with van der Waals surface area (Å²) in [6.07, 6.45) is 3.10. The molecule has 1 N–H and O–H groups in total. The minimum absolute atomic E-state index is 0. The number of hydrogen-bond acceptors (Lipinski definition) is 4. The summed E-state index contributed by atoms with van der Waals surface area (Å²) < 4.78 is 0. The number of piperazine rings is 1. The van der Waals surface area contributed by atoms with Crippen LogP contribution in [0.25, 0.3) is 0 Å². The molecule has 1 amide bonds. The molecular formula is C15H32Cl2N4O. The molecule has 0 aromatic carbocycles. The molecule has 0 radical (unpaired) electrons. The minimum Gasteiger partial charge on any atom is -0.340 e. The van der Waals surface area contributed by atoms with Crippen LogP contribution in [0.4, 0.5) is 0 Å². The highest BCUT2D eigenvalue weighted by atomic mass is 35.5. The van der Waals surface area contributed by atoms with Crippen molar-refractivity contribution in [1.29, 1.82) is 0 Å². The predicted molar refractivity (Wildman–Crippen MR) is 96.3 cm³/mol. The third-order valence-electron chi connectivity index (χ3n) is 4.95. The molecule has 2 rings (SSSR count). The topological polar surface area (TPSA) is 38.8 Å². The number of amides is 1. The molecule has 22 heavy (non-hydrogen) atoms. The first-order valence-corrected chi connectivity index (χ1v) is 7.97. The van der Waals surface area contributed by atoms with Gasteiger partial charge >= 0.3 is 0 Å². The normalized spacial score (nSPS) is 26.3. The maximum Gasteiger partial charge on any atom is 0.223 e. The van der Waals surface area contributed by atoms with E-state index in [1.165, 1.54) is 19.4 Å². The Bertz CT molecular complexity index is 327. The number of carbonyl (C=O) groups excluding carboxylic acids is 1. The van der Waals surface area contributed by atoms with Gasteiger partial charge in [0, 0.05) is 51.2 Å². The van der Waals surface area contributed by atoms with Gasteiger partial charge in [-0.15, -0.1) is 24.8 Å². The largest absolute Gasteiger partial charge is 0.340 e. The van der Waals surface area contributed by atoms with Gasteiger partial charge < -0.3 is 20.0 Å².